The highest BCUT2D eigenvalue weighted by molar-refractivity contribution is 5.13. The molecule has 0 bridgehead atoms. The van der Waals surface area contributed by atoms with Gasteiger partial charge in [0.25, 0.3) is 0 Å². The molecule has 0 spiro atoms. The molecule has 1 unspecified atom stereocenters. The van der Waals surface area contributed by atoms with Crippen molar-refractivity contribution < 1.29 is 13.9 Å². The summed E-state index contributed by atoms with van der Waals surface area (Å²) in [5.41, 5.74) is 1.46. The van der Waals surface area contributed by atoms with Crippen molar-refractivity contribution in [2.45, 2.75) is 136 Å². The van der Waals surface area contributed by atoms with Crippen molar-refractivity contribution in [1.82, 2.24) is 0 Å². The van der Waals surface area contributed by atoms with Crippen molar-refractivity contribution in [2.75, 3.05) is 19.9 Å². The molecule has 0 fully saturated rings. The van der Waals surface area contributed by atoms with Gasteiger partial charge in [0, 0.05) is 6.61 Å². The van der Waals surface area contributed by atoms with E-state index in [9.17, 15) is 4.39 Å². The highest BCUT2D eigenvalue weighted by Crippen LogP contribution is 2.23. The molecular formula is C31H55FO2. The van der Waals surface area contributed by atoms with Crippen molar-refractivity contribution in [1.29, 1.82) is 0 Å². The van der Waals surface area contributed by atoms with Gasteiger partial charge in [-0.25, -0.2) is 0 Å². The molecule has 0 aliphatic heterocycles. The Hall–Kier alpha value is -0.930. The van der Waals surface area contributed by atoms with Gasteiger partial charge in [0.05, 0.1) is 26.0 Å². The van der Waals surface area contributed by atoms with Crippen molar-refractivity contribution >= 4 is 0 Å². The van der Waals surface area contributed by atoms with Crippen LogP contribution in [-0.4, -0.2) is 26.0 Å². The zero-order chi connectivity index (χ0) is 24.7. The van der Waals surface area contributed by atoms with Crippen LogP contribution in [0.4, 0.5) is 4.39 Å². The van der Waals surface area contributed by atoms with Gasteiger partial charge in [-0.3, -0.25) is 4.39 Å². The fourth-order valence-electron chi connectivity index (χ4n) is 4.45. The Balaban J connectivity index is 1.93. The number of unbranched alkanes of at least 4 members (excludes halogenated alkanes) is 14. The Kier molecular flexibility index (Phi) is 19.5. The van der Waals surface area contributed by atoms with E-state index in [1.165, 1.54) is 82.6 Å². The summed E-state index contributed by atoms with van der Waals surface area (Å²) < 4.78 is 24.2. The zero-order valence-corrected chi connectivity index (χ0v) is 22.8. The molecule has 3 heteroatoms. The van der Waals surface area contributed by atoms with E-state index >= 15 is 0 Å². The molecule has 0 amide bonds. The number of hydrogen-bond donors (Lipinski definition) is 0. The average molecular weight is 479 g/mol. The fraction of sp³-hybridized carbons (Fsp3) is 0.806. The van der Waals surface area contributed by atoms with E-state index in [-0.39, 0.29) is 18.2 Å². The summed E-state index contributed by atoms with van der Waals surface area (Å²) in [5, 5.41) is 0. The van der Waals surface area contributed by atoms with E-state index in [1.807, 2.05) is 6.07 Å². The van der Waals surface area contributed by atoms with Gasteiger partial charge >= 0.3 is 0 Å². The van der Waals surface area contributed by atoms with E-state index in [0.29, 0.717) is 13.2 Å². The molecule has 1 atom stereocenters. The van der Waals surface area contributed by atoms with E-state index in [2.05, 4.69) is 45.0 Å². The fourth-order valence-corrected chi connectivity index (χ4v) is 4.45. The van der Waals surface area contributed by atoms with Crippen LogP contribution in [0.15, 0.2) is 30.3 Å². The van der Waals surface area contributed by atoms with Crippen LogP contribution in [0.1, 0.15) is 129 Å². The Morgan fingerprint density at radius 1 is 0.676 bits per heavy atom. The predicted octanol–water partition coefficient (Wildman–Crippen LogP) is 9.85. The van der Waals surface area contributed by atoms with Gasteiger partial charge in [0.15, 0.2) is 0 Å². The SMILES string of the molecule is CC(C)(C)CC(COCCCCCCCCCCCCCCCCCF)OCc1ccccc1. The summed E-state index contributed by atoms with van der Waals surface area (Å²) in [6, 6.07) is 10.4. The lowest BCUT2D eigenvalue weighted by molar-refractivity contribution is -0.0430. The zero-order valence-electron chi connectivity index (χ0n) is 22.8. The summed E-state index contributed by atoms with van der Waals surface area (Å²) in [4.78, 5) is 0. The molecule has 1 aromatic carbocycles. The van der Waals surface area contributed by atoms with Crippen LogP contribution in [0.25, 0.3) is 0 Å². The molecule has 0 aliphatic carbocycles. The smallest absolute Gasteiger partial charge is 0.0894 e. The number of benzene rings is 1. The first kappa shape index (κ1) is 31.1. The molecule has 2 nitrogen and oxygen atoms in total. The van der Waals surface area contributed by atoms with Crippen LogP contribution in [0, 0.1) is 5.41 Å². The van der Waals surface area contributed by atoms with Crippen LogP contribution >= 0.6 is 0 Å². The van der Waals surface area contributed by atoms with Crippen molar-refractivity contribution in [3.05, 3.63) is 35.9 Å². The van der Waals surface area contributed by atoms with Gasteiger partial charge in [-0.15, -0.1) is 0 Å². The molecule has 34 heavy (non-hydrogen) atoms. The maximum absolute atomic E-state index is 12.0. The van der Waals surface area contributed by atoms with E-state index < -0.39 is 0 Å². The minimum Gasteiger partial charge on any atom is -0.379 e. The lowest BCUT2D eigenvalue weighted by atomic mass is 9.89. The average Bonchev–Trinajstić information content (AvgIpc) is 2.81. The van der Waals surface area contributed by atoms with E-state index in [0.717, 1.165) is 32.3 Å². The molecule has 0 radical (unpaired) electrons. The maximum Gasteiger partial charge on any atom is 0.0894 e. The first-order valence-corrected chi connectivity index (χ1v) is 14.3. The van der Waals surface area contributed by atoms with Gasteiger partial charge in [-0.2, -0.15) is 0 Å². The Morgan fingerprint density at radius 2 is 1.15 bits per heavy atom. The largest absolute Gasteiger partial charge is 0.379 e. The van der Waals surface area contributed by atoms with Gasteiger partial charge in [-0.1, -0.05) is 135 Å². The van der Waals surface area contributed by atoms with Crippen LogP contribution in [0.3, 0.4) is 0 Å². The predicted molar refractivity (Wildman–Crippen MR) is 145 cm³/mol. The second-order valence-corrected chi connectivity index (χ2v) is 11.3. The summed E-state index contributed by atoms with van der Waals surface area (Å²) in [6.07, 6.45) is 20.3. The topological polar surface area (TPSA) is 18.5 Å². The second kappa shape index (κ2) is 21.4. The third kappa shape index (κ3) is 20.4. The van der Waals surface area contributed by atoms with Gasteiger partial charge in [-0.05, 0) is 30.2 Å². The first-order chi connectivity index (χ1) is 16.5. The summed E-state index contributed by atoms with van der Waals surface area (Å²) >= 11 is 0. The summed E-state index contributed by atoms with van der Waals surface area (Å²) in [7, 11) is 0. The maximum atomic E-state index is 12.0. The van der Waals surface area contributed by atoms with Crippen LogP contribution in [0.2, 0.25) is 0 Å². The van der Waals surface area contributed by atoms with Crippen molar-refractivity contribution in [2.24, 2.45) is 5.41 Å². The molecule has 0 saturated heterocycles. The normalized spacial score (nSPS) is 12.8. The van der Waals surface area contributed by atoms with Crippen molar-refractivity contribution in [3.8, 4) is 0 Å². The number of hydrogen-bond acceptors (Lipinski definition) is 2. The second-order valence-electron chi connectivity index (χ2n) is 11.3. The third-order valence-corrected chi connectivity index (χ3v) is 6.39. The lowest BCUT2D eigenvalue weighted by Crippen LogP contribution is -2.26. The van der Waals surface area contributed by atoms with Gasteiger partial charge in [0.1, 0.15) is 0 Å². The number of ether oxygens (including phenoxy) is 2. The van der Waals surface area contributed by atoms with Crippen molar-refractivity contribution in [3.63, 3.8) is 0 Å². The summed E-state index contributed by atoms with van der Waals surface area (Å²) in [5.74, 6) is 0. The molecular weight excluding hydrogens is 423 g/mol. The molecule has 0 heterocycles. The van der Waals surface area contributed by atoms with E-state index in [1.54, 1.807) is 0 Å². The number of alkyl halides is 1. The molecule has 198 valence electrons. The number of halogens is 1. The molecule has 0 aromatic heterocycles. The quantitative estimate of drug-likeness (QED) is 0.146. The Morgan fingerprint density at radius 3 is 1.62 bits per heavy atom. The highest BCUT2D eigenvalue weighted by Gasteiger charge is 2.19. The molecule has 0 saturated carbocycles. The Labute approximate surface area is 211 Å². The standard InChI is InChI=1S/C31H55FO2/c1-31(2,3)26-30(34-27-29-22-18-17-19-23-29)28-33-25-21-16-14-12-10-8-6-4-5-7-9-11-13-15-20-24-32/h17-19,22-23,30H,4-16,20-21,24-28H2,1-3H3. The first-order valence-electron chi connectivity index (χ1n) is 14.3. The van der Waals surface area contributed by atoms with Crippen LogP contribution < -0.4 is 0 Å². The lowest BCUT2D eigenvalue weighted by Gasteiger charge is -2.26. The van der Waals surface area contributed by atoms with Gasteiger partial charge < -0.3 is 9.47 Å². The Bertz CT molecular complexity index is 540. The van der Waals surface area contributed by atoms with Crippen LogP contribution in [0.5, 0.6) is 0 Å². The highest BCUT2D eigenvalue weighted by atomic mass is 19.1. The summed E-state index contributed by atoms with van der Waals surface area (Å²) in [6.45, 7) is 8.87. The third-order valence-electron chi connectivity index (χ3n) is 6.39. The monoisotopic (exact) mass is 478 g/mol. The minimum absolute atomic E-state index is 0.142. The molecule has 0 aliphatic rings. The van der Waals surface area contributed by atoms with Crippen LogP contribution in [-0.2, 0) is 16.1 Å². The molecule has 0 N–H and O–H groups in total. The van der Waals surface area contributed by atoms with E-state index in [4.69, 9.17) is 9.47 Å². The number of rotatable bonds is 23. The van der Waals surface area contributed by atoms with Gasteiger partial charge in [0.2, 0.25) is 0 Å². The molecule has 1 rings (SSSR count). The minimum atomic E-state index is -0.142. The molecule has 1 aromatic rings.